The van der Waals surface area contributed by atoms with E-state index in [9.17, 15) is 4.79 Å². The lowest BCUT2D eigenvalue weighted by atomic mass is 10.1. The fourth-order valence-electron chi connectivity index (χ4n) is 2.02. The van der Waals surface area contributed by atoms with Crippen molar-refractivity contribution in [2.45, 2.75) is 37.8 Å². The molecule has 1 heterocycles. The molecule has 4 heteroatoms. The Kier molecular flexibility index (Phi) is 3.44. The van der Waals surface area contributed by atoms with Gasteiger partial charge in [-0.15, -0.1) is 0 Å². The first-order valence-electron chi connectivity index (χ1n) is 5.28. The van der Waals surface area contributed by atoms with Gasteiger partial charge in [-0.25, -0.2) is 0 Å². The molecule has 1 saturated heterocycles. The largest absolute Gasteiger partial charge is 0.376 e. The van der Waals surface area contributed by atoms with E-state index in [2.05, 4.69) is 21.2 Å². The Morgan fingerprint density at radius 1 is 1.43 bits per heavy atom. The molecule has 0 aromatic rings. The van der Waals surface area contributed by atoms with E-state index >= 15 is 0 Å². The second kappa shape index (κ2) is 4.62. The van der Waals surface area contributed by atoms with Gasteiger partial charge in [-0.1, -0.05) is 15.9 Å². The van der Waals surface area contributed by atoms with Gasteiger partial charge in [0.15, 0.2) is 0 Å². The predicted octanol–water partition coefficient (Wildman–Crippen LogP) is 1.46. The molecule has 2 fully saturated rings. The average Bonchev–Trinajstić information content (AvgIpc) is 2.89. The number of amides is 1. The quantitative estimate of drug-likeness (QED) is 0.779. The van der Waals surface area contributed by atoms with Gasteiger partial charge in [0.25, 0.3) is 0 Å². The highest BCUT2D eigenvalue weighted by molar-refractivity contribution is 9.09. The van der Waals surface area contributed by atoms with E-state index in [0.29, 0.717) is 18.4 Å². The summed E-state index contributed by atoms with van der Waals surface area (Å²) in [6, 6.07) is 0.272. The monoisotopic (exact) mass is 261 g/mol. The Morgan fingerprint density at radius 2 is 2.21 bits per heavy atom. The third-order valence-electron chi connectivity index (χ3n) is 2.89. The van der Waals surface area contributed by atoms with Crippen molar-refractivity contribution in [3.05, 3.63) is 0 Å². The zero-order valence-electron chi connectivity index (χ0n) is 8.17. The molecule has 1 amide bonds. The minimum atomic E-state index is 0.142. The van der Waals surface area contributed by atoms with E-state index < -0.39 is 0 Å². The molecule has 1 N–H and O–H groups in total. The number of hydrogen-bond acceptors (Lipinski definition) is 2. The van der Waals surface area contributed by atoms with Crippen molar-refractivity contribution in [3.63, 3.8) is 0 Å². The lowest BCUT2D eigenvalue weighted by Gasteiger charge is -2.19. The average molecular weight is 262 g/mol. The molecule has 0 bridgehead atoms. The number of hydrogen-bond donors (Lipinski definition) is 1. The van der Waals surface area contributed by atoms with Crippen LogP contribution in [0.1, 0.15) is 25.7 Å². The summed E-state index contributed by atoms with van der Waals surface area (Å²) in [7, 11) is 0. The van der Waals surface area contributed by atoms with Crippen LogP contribution in [-0.2, 0) is 9.53 Å². The number of carbonyl (C=O) groups is 1. The van der Waals surface area contributed by atoms with Gasteiger partial charge in [0.1, 0.15) is 0 Å². The van der Waals surface area contributed by atoms with Crippen LogP contribution in [0.2, 0.25) is 0 Å². The SMILES string of the molecule is O=C(CCBr)NC1CCOC1C1CC1. The summed E-state index contributed by atoms with van der Waals surface area (Å²) in [4.78, 5) is 11.4. The second-order valence-corrected chi connectivity index (χ2v) is 4.87. The highest BCUT2D eigenvalue weighted by Gasteiger charge is 2.40. The fraction of sp³-hybridized carbons (Fsp3) is 0.900. The summed E-state index contributed by atoms with van der Waals surface area (Å²) in [6.45, 7) is 0.806. The van der Waals surface area contributed by atoms with Crippen molar-refractivity contribution >= 4 is 21.8 Å². The third-order valence-corrected chi connectivity index (χ3v) is 3.29. The molecule has 0 radical (unpaired) electrons. The smallest absolute Gasteiger partial charge is 0.221 e. The van der Waals surface area contributed by atoms with E-state index in [1.165, 1.54) is 12.8 Å². The first kappa shape index (κ1) is 10.4. The van der Waals surface area contributed by atoms with Crippen LogP contribution < -0.4 is 5.32 Å². The molecule has 2 atom stereocenters. The summed E-state index contributed by atoms with van der Waals surface area (Å²) >= 11 is 3.26. The normalized spacial score (nSPS) is 31.8. The van der Waals surface area contributed by atoms with E-state index in [-0.39, 0.29) is 11.9 Å². The third kappa shape index (κ3) is 2.48. The molecule has 0 aromatic heterocycles. The van der Waals surface area contributed by atoms with Gasteiger partial charge >= 0.3 is 0 Å². The molecular weight excluding hydrogens is 246 g/mol. The van der Waals surface area contributed by atoms with Crippen molar-refractivity contribution in [2.75, 3.05) is 11.9 Å². The van der Waals surface area contributed by atoms with Crippen molar-refractivity contribution in [1.29, 1.82) is 0 Å². The highest BCUT2D eigenvalue weighted by atomic mass is 79.9. The molecule has 1 saturated carbocycles. The highest BCUT2D eigenvalue weighted by Crippen LogP contribution is 2.38. The first-order valence-corrected chi connectivity index (χ1v) is 6.40. The maximum absolute atomic E-state index is 11.4. The topological polar surface area (TPSA) is 38.3 Å². The minimum absolute atomic E-state index is 0.142. The molecule has 2 unspecified atom stereocenters. The standard InChI is InChI=1S/C10H16BrNO2/c11-5-3-9(13)12-8-4-6-14-10(8)7-1-2-7/h7-8,10H,1-6H2,(H,12,13). The molecule has 14 heavy (non-hydrogen) atoms. The van der Waals surface area contributed by atoms with Crippen molar-refractivity contribution < 1.29 is 9.53 Å². The number of rotatable bonds is 4. The van der Waals surface area contributed by atoms with Gasteiger partial charge < -0.3 is 10.1 Å². The van der Waals surface area contributed by atoms with E-state index in [1.807, 2.05) is 0 Å². The van der Waals surface area contributed by atoms with Crippen LogP contribution in [-0.4, -0.2) is 30.0 Å². The molecule has 2 aliphatic rings. The predicted molar refractivity (Wildman–Crippen MR) is 57.4 cm³/mol. The van der Waals surface area contributed by atoms with Crippen LogP contribution in [0.4, 0.5) is 0 Å². The molecule has 0 spiro atoms. The Bertz CT molecular complexity index is 218. The van der Waals surface area contributed by atoms with Crippen molar-refractivity contribution in [1.82, 2.24) is 5.32 Å². The number of carbonyl (C=O) groups excluding carboxylic acids is 1. The van der Waals surface area contributed by atoms with Gasteiger partial charge in [-0.2, -0.15) is 0 Å². The van der Waals surface area contributed by atoms with Crippen LogP contribution in [0, 0.1) is 5.92 Å². The molecule has 0 aromatic carbocycles. The summed E-state index contributed by atoms with van der Waals surface area (Å²) in [5, 5.41) is 3.79. The number of ether oxygens (including phenoxy) is 1. The number of nitrogens with one attached hydrogen (secondary N) is 1. The van der Waals surface area contributed by atoms with E-state index in [4.69, 9.17) is 4.74 Å². The maximum Gasteiger partial charge on any atom is 0.221 e. The Balaban J connectivity index is 1.80. The number of halogens is 1. The van der Waals surface area contributed by atoms with E-state index in [1.54, 1.807) is 0 Å². The summed E-state index contributed by atoms with van der Waals surface area (Å²) < 4.78 is 5.64. The van der Waals surface area contributed by atoms with E-state index in [0.717, 1.165) is 18.4 Å². The summed E-state index contributed by atoms with van der Waals surface area (Å²) in [5.41, 5.74) is 0. The lowest BCUT2D eigenvalue weighted by Crippen LogP contribution is -2.41. The Labute approximate surface area is 92.7 Å². The zero-order chi connectivity index (χ0) is 9.97. The minimum Gasteiger partial charge on any atom is -0.376 e. The van der Waals surface area contributed by atoms with Gasteiger partial charge in [0.2, 0.25) is 5.91 Å². The second-order valence-electron chi connectivity index (χ2n) is 4.07. The molecule has 2 rings (SSSR count). The molecule has 1 aliphatic carbocycles. The zero-order valence-corrected chi connectivity index (χ0v) is 9.76. The van der Waals surface area contributed by atoms with Crippen LogP contribution in [0.15, 0.2) is 0 Å². The molecule has 3 nitrogen and oxygen atoms in total. The van der Waals surface area contributed by atoms with Gasteiger partial charge in [-0.05, 0) is 25.2 Å². The Morgan fingerprint density at radius 3 is 2.86 bits per heavy atom. The summed E-state index contributed by atoms with van der Waals surface area (Å²) in [5.74, 6) is 0.856. The number of alkyl halides is 1. The molecule has 1 aliphatic heterocycles. The van der Waals surface area contributed by atoms with Crippen LogP contribution in [0.5, 0.6) is 0 Å². The maximum atomic E-state index is 11.4. The van der Waals surface area contributed by atoms with Gasteiger partial charge in [0.05, 0.1) is 12.1 Å². The molecule has 80 valence electrons. The summed E-state index contributed by atoms with van der Waals surface area (Å²) in [6.07, 6.45) is 4.39. The van der Waals surface area contributed by atoms with Crippen molar-refractivity contribution in [3.8, 4) is 0 Å². The lowest BCUT2D eigenvalue weighted by molar-refractivity contribution is -0.121. The fourth-order valence-corrected chi connectivity index (χ4v) is 2.38. The van der Waals surface area contributed by atoms with Crippen molar-refractivity contribution in [2.24, 2.45) is 5.92 Å². The van der Waals surface area contributed by atoms with Crippen LogP contribution in [0.25, 0.3) is 0 Å². The molecular formula is C10H16BrNO2. The first-order chi connectivity index (χ1) is 6.81. The van der Waals surface area contributed by atoms with Gasteiger partial charge in [0, 0.05) is 18.4 Å². The van der Waals surface area contributed by atoms with Crippen LogP contribution in [0.3, 0.4) is 0 Å². The van der Waals surface area contributed by atoms with Gasteiger partial charge in [-0.3, -0.25) is 4.79 Å². The Hall–Kier alpha value is -0.0900. The van der Waals surface area contributed by atoms with Crippen LogP contribution >= 0.6 is 15.9 Å².